The predicted molar refractivity (Wildman–Crippen MR) is 59.2 cm³/mol. The maximum atomic E-state index is 13.6. The molecule has 0 aromatic heterocycles. The van der Waals surface area contributed by atoms with Gasteiger partial charge in [-0.2, -0.15) is 0 Å². The Morgan fingerprint density at radius 1 is 1.24 bits per heavy atom. The topological polar surface area (TPSA) is 21.3 Å². The van der Waals surface area contributed by atoms with Crippen molar-refractivity contribution in [3.05, 3.63) is 35.1 Å². The van der Waals surface area contributed by atoms with Crippen LogP contribution in [0.5, 0.6) is 0 Å². The van der Waals surface area contributed by atoms with Gasteiger partial charge in [-0.15, -0.1) is 0 Å². The van der Waals surface area contributed by atoms with Gasteiger partial charge in [0.1, 0.15) is 0 Å². The smallest absolute Gasteiger partial charge is 0.194 e. The van der Waals surface area contributed by atoms with E-state index in [4.69, 9.17) is 4.74 Å². The second-order valence-electron chi connectivity index (χ2n) is 3.71. The summed E-state index contributed by atoms with van der Waals surface area (Å²) in [6.07, 6.45) is 0.319. The van der Waals surface area contributed by atoms with Crippen molar-refractivity contribution in [1.82, 2.24) is 5.32 Å². The lowest BCUT2D eigenvalue weighted by atomic mass is 9.99. The first-order valence-corrected chi connectivity index (χ1v) is 5.40. The molecule has 0 saturated heterocycles. The van der Waals surface area contributed by atoms with Gasteiger partial charge in [0, 0.05) is 12.7 Å². The lowest BCUT2D eigenvalue weighted by Crippen LogP contribution is -2.31. The molecule has 0 saturated carbocycles. The molecule has 0 aliphatic rings. The third-order valence-corrected chi connectivity index (χ3v) is 2.79. The van der Waals surface area contributed by atoms with Gasteiger partial charge in [0.05, 0.1) is 12.1 Å². The quantitative estimate of drug-likeness (QED) is 0.808. The van der Waals surface area contributed by atoms with E-state index >= 15 is 0 Å². The second-order valence-corrected chi connectivity index (χ2v) is 3.71. The molecule has 96 valence electrons. The van der Waals surface area contributed by atoms with Crippen molar-refractivity contribution in [3.63, 3.8) is 0 Å². The van der Waals surface area contributed by atoms with E-state index in [-0.39, 0.29) is 11.7 Å². The fraction of sp³-hybridized carbons (Fsp3) is 0.500. The summed E-state index contributed by atoms with van der Waals surface area (Å²) in [6.45, 7) is 1.87. The van der Waals surface area contributed by atoms with Crippen LogP contribution < -0.4 is 5.32 Å². The average molecular weight is 247 g/mol. The maximum absolute atomic E-state index is 13.6. The Labute approximate surface area is 98.8 Å². The van der Waals surface area contributed by atoms with E-state index in [1.165, 1.54) is 13.2 Å². The van der Waals surface area contributed by atoms with Crippen molar-refractivity contribution in [2.24, 2.45) is 0 Å². The summed E-state index contributed by atoms with van der Waals surface area (Å²) in [6, 6.07) is 1.64. The molecule has 0 bridgehead atoms. The minimum Gasteiger partial charge on any atom is -0.379 e. The molecule has 2 atom stereocenters. The highest BCUT2D eigenvalue weighted by atomic mass is 19.2. The summed E-state index contributed by atoms with van der Waals surface area (Å²) in [5, 5.41) is 2.85. The van der Waals surface area contributed by atoms with E-state index in [1.807, 2.05) is 6.92 Å². The Balaban J connectivity index is 3.16. The van der Waals surface area contributed by atoms with Gasteiger partial charge < -0.3 is 10.1 Å². The standard InChI is InChI=1S/C12H16F3NO/c1-4-9(17-3)12(16-2)7-5-6-8(13)11(15)10(7)14/h5-6,9,12,16H,4H2,1-3H3. The molecule has 1 N–H and O–H groups in total. The lowest BCUT2D eigenvalue weighted by molar-refractivity contribution is 0.0661. The van der Waals surface area contributed by atoms with Gasteiger partial charge in [0.2, 0.25) is 0 Å². The number of halogens is 3. The van der Waals surface area contributed by atoms with Gasteiger partial charge in [-0.3, -0.25) is 0 Å². The molecule has 0 fully saturated rings. The molecule has 0 spiro atoms. The van der Waals surface area contributed by atoms with Crippen LogP contribution in [0.3, 0.4) is 0 Å². The minimum absolute atomic E-state index is 0.0695. The minimum atomic E-state index is -1.45. The first-order valence-electron chi connectivity index (χ1n) is 5.40. The zero-order chi connectivity index (χ0) is 13.0. The Morgan fingerprint density at radius 3 is 2.35 bits per heavy atom. The second kappa shape index (κ2) is 6.02. The van der Waals surface area contributed by atoms with Crippen molar-refractivity contribution < 1.29 is 17.9 Å². The van der Waals surface area contributed by atoms with Crippen LogP contribution in [0.4, 0.5) is 13.2 Å². The lowest BCUT2D eigenvalue weighted by Gasteiger charge is -2.25. The van der Waals surface area contributed by atoms with E-state index in [1.54, 1.807) is 7.05 Å². The molecule has 5 heteroatoms. The molecule has 0 aliphatic heterocycles. The third-order valence-electron chi connectivity index (χ3n) is 2.79. The number of ether oxygens (including phenoxy) is 1. The van der Waals surface area contributed by atoms with Gasteiger partial charge in [-0.1, -0.05) is 13.0 Å². The SMILES string of the molecule is CCC(OC)C(NC)c1ccc(F)c(F)c1F. The summed E-state index contributed by atoms with van der Waals surface area (Å²) >= 11 is 0. The molecule has 0 amide bonds. The molecular formula is C12H16F3NO. The van der Waals surface area contributed by atoms with Gasteiger partial charge in [0.15, 0.2) is 17.5 Å². The molecule has 2 nitrogen and oxygen atoms in total. The fourth-order valence-corrected chi connectivity index (χ4v) is 1.86. The fourth-order valence-electron chi connectivity index (χ4n) is 1.86. The van der Waals surface area contributed by atoms with Crippen LogP contribution in [-0.2, 0) is 4.74 Å². The van der Waals surface area contributed by atoms with Crippen molar-refractivity contribution in [3.8, 4) is 0 Å². The number of likely N-dealkylation sites (N-methyl/N-ethyl adjacent to an activating group) is 1. The zero-order valence-electron chi connectivity index (χ0n) is 10.1. The van der Waals surface area contributed by atoms with Crippen LogP contribution in [0.15, 0.2) is 12.1 Å². The summed E-state index contributed by atoms with van der Waals surface area (Å²) in [5.41, 5.74) is 0.0695. The van der Waals surface area contributed by atoms with Crippen LogP contribution in [0.1, 0.15) is 24.9 Å². The highest BCUT2D eigenvalue weighted by Gasteiger charge is 2.25. The van der Waals surface area contributed by atoms with Crippen molar-refractivity contribution >= 4 is 0 Å². The van der Waals surface area contributed by atoms with Gasteiger partial charge >= 0.3 is 0 Å². The van der Waals surface area contributed by atoms with Gasteiger partial charge in [-0.25, -0.2) is 13.2 Å². The molecule has 0 aliphatic carbocycles. The van der Waals surface area contributed by atoms with E-state index < -0.39 is 23.5 Å². The number of benzene rings is 1. The maximum Gasteiger partial charge on any atom is 0.194 e. The Hall–Kier alpha value is -1.07. The van der Waals surface area contributed by atoms with E-state index in [0.29, 0.717) is 6.42 Å². The third kappa shape index (κ3) is 2.79. The normalized spacial score (nSPS) is 14.7. The highest BCUT2D eigenvalue weighted by molar-refractivity contribution is 5.24. The number of methoxy groups -OCH3 is 1. The Kier molecular flexibility index (Phi) is 4.96. The summed E-state index contributed by atoms with van der Waals surface area (Å²) in [5.74, 6) is -3.81. The van der Waals surface area contributed by atoms with Crippen LogP contribution in [0, 0.1) is 17.5 Å². The van der Waals surface area contributed by atoms with E-state index in [0.717, 1.165) is 6.07 Å². The van der Waals surface area contributed by atoms with Crippen LogP contribution in [-0.4, -0.2) is 20.3 Å². The average Bonchev–Trinajstić information content (AvgIpc) is 2.34. The summed E-state index contributed by atoms with van der Waals surface area (Å²) in [7, 11) is 3.11. The van der Waals surface area contributed by atoms with Gasteiger partial charge in [0.25, 0.3) is 0 Å². The molecule has 0 heterocycles. The Morgan fingerprint density at radius 2 is 1.88 bits per heavy atom. The first-order chi connectivity index (χ1) is 8.06. The first kappa shape index (κ1) is 14.0. The number of rotatable bonds is 5. The predicted octanol–water partition coefficient (Wildman–Crippen LogP) is 2.79. The molecule has 1 aromatic carbocycles. The summed E-state index contributed by atoms with van der Waals surface area (Å²) in [4.78, 5) is 0. The largest absolute Gasteiger partial charge is 0.379 e. The molecular weight excluding hydrogens is 231 g/mol. The molecule has 17 heavy (non-hydrogen) atoms. The van der Waals surface area contributed by atoms with Crippen LogP contribution in [0.2, 0.25) is 0 Å². The highest BCUT2D eigenvalue weighted by Crippen LogP contribution is 2.26. The molecule has 0 radical (unpaired) electrons. The zero-order valence-corrected chi connectivity index (χ0v) is 10.1. The van der Waals surface area contributed by atoms with Crippen molar-refractivity contribution in [2.75, 3.05) is 14.2 Å². The van der Waals surface area contributed by atoms with E-state index in [9.17, 15) is 13.2 Å². The molecule has 1 rings (SSSR count). The van der Waals surface area contributed by atoms with Crippen molar-refractivity contribution in [1.29, 1.82) is 0 Å². The van der Waals surface area contributed by atoms with E-state index in [2.05, 4.69) is 5.32 Å². The molecule has 1 aromatic rings. The van der Waals surface area contributed by atoms with Gasteiger partial charge in [-0.05, 0) is 19.5 Å². The summed E-state index contributed by atoms with van der Waals surface area (Å²) < 4.78 is 44.8. The number of hydrogen-bond donors (Lipinski definition) is 1. The van der Waals surface area contributed by atoms with Crippen molar-refractivity contribution in [2.45, 2.75) is 25.5 Å². The Bertz CT molecular complexity index is 380. The van der Waals surface area contributed by atoms with Crippen LogP contribution in [0.25, 0.3) is 0 Å². The van der Waals surface area contributed by atoms with Crippen LogP contribution >= 0.6 is 0 Å². The number of hydrogen-bond acceptors (Lipinski definition) is 2. The number of nitrogens with one attached hydrogen (secondary N) is 1. The molecule has 2 unspecified atom stereocenters. The monoisotopic (exact) mass is 247 g/mol.